The maximum Gasteiger partial charge on any atom is 0.339 e. The van der Waals surface area contributed by atoms with Crippen molar-refractivity contribution >= 4 is 17.6 Å². The quantitative estimate of drug-likeness (QED) is 0.862. The van der Waals surface area contributed by atoms with Crippen LogP contribution in [0, 0.1) is 0 Å². The zero-order valence-corrected chi connectivity index (χ0v) is 11.5. The zero-order valence-electron chi connectivity index (χ0n) is 11.5. The lowest BCUT2D eigenvalue weighted by molar-refractivity contribution is -0.120. The van der Waals surface area contributed by atoms with Gasteiger partial charge in [-0.1, -0.05) is 6.07 Å². The molecule has 0 saturated heterocycles. The Balaban J connectivity index is 2.22. The summed E-state index contributed by atoms with van der Waals surface area (Å²) in [6.07, 6.45) is 0. The second-order valence-corrected chi connectivity index (χ2v) is 4.95. The number of carboxylic acid groups (broad SMARTS) is 1. The Bertz CT molecular complexity index is 528. The third-order valence-corrected chi connectivity index (χ3v) is 2.96. The Hall–Kier alpha value is -2.24. The lowest BCUT2D eigenvalue weighted by atomic mass is 10.1. The van der Waals surface area contributed by atoms with Gasteiger partial charge in [-0.15, -0.1) is 0 Å². The Morgan fingerprint density at radius 2 is 2.20 bits per heavy atom. The number of ether oxygens (including phenoxy) is 1. The van der Waals surface area contributed by atoms with Crippen LogP contribution in [0.1, 0.15) is 24.2 Å². The molecule has 0 unspecified atom stereocenters. The molecule has 0 fully saturated rings. The number of carbonyl (C=O) groups excluding carboxylic acids is 1. The van der Waals surface area contributed by atoms with E-state index in [4.69, 9.17) is 9.84 Å². The van der Waals surface area contributed by atoms with E-state index >= 15 is 0 Å². The number of nitrogens with one attached hydrogen (secondary N) is 1. The average molecular weight is 278 g/mol. The fourth-order valence-electron chi connectivity index (χ4n) is 2.18. The first-order valence-electron chi connectivity index (χ1n) is 6.52. The maximum atomic E-state index is 11.8. The number of para-hydroxylation sites is 1. The van der Waals surface area contributed by atoms with Gasteiger partial charge in [-0.25, -0.2) is 4.79 Å². The van der Waals surface area contributed by atoms with Crippen LogP contribution >= 0.6 is 0 Å². The number of benzene rings is 1. The summed E-state index contributed by atoms with van der Waals surface area (Å²) in [7, 11) is 0. The van der Waals surface area contributed by atoms with E-state index in [0.717, 1.165) is 0 Å². The highest BCUT2D eigenvalue weighted by molar-refractivity contribution is 5.94. The van der Waals surface area contributed by atoms with Gasteiger partial charge in [0, 0.05) is 6.04 Å². The van der Waals surface area contributed by atoms with E-state index in [1.807, 2.05) is 18.7 Å². The number of hydrogen-bond donors (Lipinski definition) is 2. The molecule has 0 atom stereocenters. The Morgan fingerprint density at radius 1 is 1.45 bits per heavy atom. The fourth-order valence-corrected chi connectivity index (χ4v) is 2.18. The number of rotatable bonds is 4. The molecule has 1 heterocycles. The molecule has 2 N–H and O–H groups in total. The molecule has 2 rings (SSSR count). The topological polar surface area (TPSA) is 78.9 Å². The minimum absolute atomic E-state index is 0.0772. The van der Waals surface area contributed by atoms with E-state index in [1.54, 1.807) is 12.1 Å². The summed E-state index contributed by atoms with van der Waals surface area (Å²) in [4.78, 5) is 24.8. The van der Waals surface area contributed by atoms with Crippen LogP contribution in [0.25, 0.3) is 0 Å². The van der Waals surface area contributed by atoms with Crippen molar-refractivity contribution in [3.05, 3.63) is 23.8 Å². The van der Waals surface area contributed by atoms with Crippen LogP contribution in [0.5, 0.6) is 5.75 Å². The minimum Gasteiger partial charge on any atom is -0.489 e. The number of amides is 1. The third kappa shape index (κ3) is 3.01. The van der Waals surface area contributed by atoms with Crippen molar-refractivity contribution in [1.29, 1.82) is 0 Å². The molecule has 0 bridgehead atoms. The van der Waals surface area contributed by atoms with Crippen molar-refractivity contribution in [2.45, 2.75) is 19.9 Å². The number of hydrogen-bond acceptors (Lipinski definition) is 4. The van der Waals surface area contributed by atoms with Crippen molar-refractivity contribution in [2.24, 2.45) is 0 Å². The number of fused-ring (bicyclic) bond motifs is 1. The second-order valence-electron chi connectivity index (χ2n) is 4.95. The normalized spacial score (nSPS) is 13.7. The van der Waals surface area contributed by atoms with Gasteiger partial charge in [-0.2, -0.15) is 0 Å². The lowest BCUT2D eigenvalue weighted by Gasteiger charge is -2.31. The predicted molar refractivity (Wildman–Crippen MR) is 74.4 cm³/mol. The largest absolute Gasteiger partial charge is 0.489 e. The zero-order chi connectivity index (χ0) is 14.7. The van der Waals surface area contributed by atoms with Crippen molar-refractivity contribution < 1.29 is 19.4 Å². The monoisotopic (exact) mass is 278 g/mol. The Kier molecular flexibility index (Phi) is 4.12. The van der Waals surface area contributed by atoms with E-state index in [9.17, 15) is 9.59 Å². The number of anilines is 1. The molecule has 20 heavy (non-hydrogen) atoms. The van der Waals surface area contributed by atoms with Gasteiger partial charge in [0.15, 0.2) is 5.75 Å². The molecular weight excluding hydrogens is 260 g/mol. The molecule has 1 amide bonds. The summed E-state index contributed by atoms with van der Waals surface area (Å²) < 4.78 is 5.45. The van der Waals surface area contributed by atoms with Crippen LogP contribution in [0.3, 0.4) is 0 Å². The Morgan fingerprint density at radius 3 is 2.85 bits per heavy atom. The second kappa shape index (κ2) is 5.81. The van der Waals surface area contributed by atoms with Gasteiger partial charge in [-0.3, -0.25) is 4.79 Å². The van der Waals surface area contributed by atoms with Gasteiger partial charge < -0.3 is 20.1 Å². The highest BCUT2D eigenvalue weighted by Gasteiger charge is 2.24. The highest BCUT2D eigenvalue weighted by Crippen LogP contribution is 2.34. The summed E-state index contributed by atoms with van der Waals surface area (Å²) >= 11 is 0. The van der Waals surface area contributed by atoms with Crippen molar-refractivity contribution in [3.8, 4) is 5.75 Å². The van der Waals surface area contributed by atoms with Crippen molar-refractivity contribution in [1.82, 2.24) is 5.32 Å². The molecule has 0 radical (unpaired) electrons. The lowest BCUT2D eigenvalue weighted by Crippen LogP contribution is -2.43. The van der Waals surface area contributed by atoms with Gasteiger partial charge in [0.2, 0.25) is 5.91 Å². The highest BCUT2D eigenvalue weighted by atomic mass is 16.5. The molecular formula is C14H18N2O4. The van der Waals surface area contributed by atoms with Crippen LogP contribution < -0.4 is 15.0 Å². The van der Waals surface area contributed by atoms with E-state index in [0.29, 0.717) is 24.6 Å². The first-order chi connectivity index (χ1) is 9.49. The van der Waals surface area contributed by atoms with E-state index in [2.05, 4.69) is 5.32 Å². The van der Waals surface area contributed by atoms with Crippen LogP contribution in [0.4, 0.5) is 5.69 Å². The summed E-state index contributed by atoms with van der Waals surface area (Å²) in [6, 6.07) is 5.00. The summed E-state index contributed by atoms with van der Waals surface area (Å²) in [5.41, 5.74) is 0.770. The number of carboxylic acids is 1. The number of nitrogens with zero attached hydrogens (tertiary/aromatic N) is 1. The summed E-state index contributed by atoms with van der Waals surface area (Å²) in [5.74, 6) is -0.785. The summed E-state index contributed by atoms with van der Waals surface area (Å²) in [6.45, 7) is 4.91. The predicted octanol–water partition coefficient (Wildman–Crippen LogP) is 1.11. The van der Waals surface area contributed by atoms with E-state index in [1.165, 1.54) is 6.07 Å². The molecule has 6 heteroatoms. The molecule has 1 aromatic carbocycles. The van der Waals surface area contributed by atoms with Crippen LogP contribution in [0.15, 0.2) is 18.2 Å². The molecule has 1 aromatic rings. The van der Waals surface area contributed by atoms with Crippen molar-refractivity contribution in [2.75, 3.05) is 24.6 Å². The molecule has 0 aliphatic carbocycles. The van der Waals surface area contributed by atoms with Crippen LogP contribution in [-0.4, -0.2) is 42.7 Å². The minimum atomic E-state index is -1.03. The SMILES string of the molecule is CC(C)NC(=O)CN1CCOc2c(C(=O)O)cccc21. The summed E-state index contributed by atoms with van der Waals surface area (Å²) in [5, 5.41) is 12.0. The molecule has 0 spiro atoms. The molecule has 6 nitrogen and oxygen atoms in total. The molecule has 108 valence electrons. The van der Waals surface area contributed by atoms with Crippen LogP contribution in [0.2, 0.25) is 0 Å². The fraction of sp³-hybridized carbons (Fsp3) is 0.429. The molecule has 0 aromatic heterocycles. The smallest absolute Gasteiger partial charge is 0.339 e. The number of carbonyl (C=O) groups is 2. The van der Waals surface area contributed by atoms with Gasteiger partial charge >= 0.3 is 5.97 Å². The first kappa shape index (κ1) is 14.2. The van der Waals surface area contributed by atoms with E-state index in [-0.39, 0.29) is 24.1 Å². The number of aromatic carboxylic acids is 1. The Labute approximate surface area is 117 Å². The third-order valence-electron chi connectivity index (χ3n) is 2.96. The van der Waals surface area contributed by atoms with Gasteiger partial charge in [-0.05, 0) is 26.0 Å². The molecule has 0 saturated carbocycles. The van der Waals surface area contributed by atoms with Gasteiger partial charge in [0.1, 0.15) is 12.2 Å². The molecule has 1 aliphatic heterocycles. The average Bonchev–Trinajstić information content (AvgIpc) is 2.37. The molecule has 1 aliphatic rings. The maximum absolute atomic E-state index is 11.8. The van der Waals surface area contributed by atoms with Gasteiger partial charge in [0.05, 0.1) is 18.8 Å². The first-order valence-corrected chi connectivity index (χ1v) is 6.52. The van der Waals surface area contributed by atoms with E-state index < -0.39 is 5.97 Å². The van der Waals surface area contributed by atoms with Gasteiger partial charge in [0.25, 0.3) is 0 Å². The van der Waals surface area contributed by atoms with Crippen molar-refractivity contribution in [3.63, 3.8) is 0 Å². The standard InChI is InChI=1S/C14H18N2O4/c1-9(2)15-12(17)8-16-6-7-20-13-10(14(18)19)4-3-5-11(13)16/h3-5,9H,6-8H2,1-2H3,(H,15,17)(H,18,19). The van der Waals surface area contributed by atoms with Crippen LogP contribution in [-0.2, 0) is 4.79 Å².